The number of methoxy groups -OCH3 is 1. The minimum absolute atomic E-state index is 0.140. The molecule has 5 aliphatic heterocycles. The molecule has 39 heavy (non-hydrogen) atoms. The third-order valence-corrected chi connectivity index (χ3v) is 10.6. The molecule has 1 aliphatic carbocycles. The highest BCUT2D eigenvalue weighted by Gasteiger charge is 2.56. The zero-order chi connectivity index (χ0) is 26.7. The maximum Gasteiger partial charge on any atom is 0.158 e. The van der Waals surface area contributed by atoms with Crippen LogP contribution in [-0.4, -0.2) is 202 Å². The lowest BCUT2D eigenvalue weighted by atomic mass is 10.0. The lowest BCUT2D eigenvalue weighted by Crippen LogP contribution is -2.86. The second-order valence-corrected chi connectivity index (χ2v) is 13.0. The predicted octanol–water partition coefficient (Wildman–Crippen LogP) is -0.741. The van der Waals surface area contributed by atoms with Crippen molar-refractivity contribution < 1.29 is 4.74 Å². The topological polar surface area (TPSA) is 47.2 Å². The molecule has 0 aromatic carbocycles. The third-order valence-electron chi connectivity index (χ3n) is 10.6. The number of ether oxygens (including phenoxy) is 1. The smallest absolute Gasteiger partial charge is 0.158 e. The molecular weight excluding hydrogens is 490 g/mol. The molecule has 6 rings (SSSR count). The van der Waals surface area contributed by atoms with E-state index in [0.717, 1.165) is 71.6 Å². The van der Waals surface area contributed by atoms with Crippen molar-refractivity contribution in [1.29, 1.82) is 0 Å². The van der Waals surface area contributed by atoms with Crippen molar-refractivity contribution in [1.82, 2.24) is 44.5 Å². The number of likely N-dealkylation sites (N-methyl/N-ethyl adjacent to an activating group) is 1. The standard InChI is InChI=1S/C29H57N9O/c1-31-11-17-36(18-12-31)28-29(30-7-10-35(28)25-26-39-2,38-23-19-34(20-24-38)27-5-6-27)37-21-15-33(16-22-37)14-13-32-8-3-4-9-32/h27-28,30H,3-26H2,1-2H3. The molecule has 10 heteroatoms. The van der Waals surface area contributed by atoms with E-state index in [1.54, 1.807) is 0 Å². The molecule has 0 bridgehead atoms. The summed E-state index contributed by atoms with van der Waals surface area (Å²) in [6.07, 6.45) is 5.96. The Morgan fingerprint density at radius 1 is 0.667 bits per heavy atom. The number of hydrogen-bond acceptors (Lipinski definition) is 10. The van der Waals surface area contributed by atoms with E-state index in [9.17, 15) is 0 Å². The molecule has 2 unspecified atom stereocenters. The van der Waals surface area contributed by atoms with Crippen molar-refractivity contribution >= 4 is 0 Å². The van der Waals surface area contributed by atoms with Crippen molar-refractivity contribution in [3.63, 3.8) is 0 Å². The van der Waals surface area contributed by atoms with Crippen molar-refractivity contribution in [2.24, 2.45) is 0 Å². The lowest BCUT2D eigenvalue weighted by molar-refractivity contribution is -0.218. The van der Waals surface area contributed by atoms with Gasteiger partial charge in [0.15, 0.2) is 5.79 Å². The maximum absolute atomic E-state index is 5.65. The summed E-state index contributed by atoms with van der Waals surface area (Å²) in [6.45, 7) is 23.1. The van der Waals surface area contributed by atoms with Crippen LogP contribution in [-0.2, 0) is 4.74 Å². The fourth-order valence-corrected chi connectivity index (χ4v) is 8.07. The monoisotopic (exact) mass is 547 g/mol. The van der Waals surface area contributed by atoms with Crippen LogP contribution in [0.5, 0.6) is 0 Å². The SMILES string of the molecule is COCCN1CCNC(N2CCN(CCN3CCCC3)CC2)(N2CCN(C3CC3)CC2)C1N1CCN(C)CC1. The molecule has 0 spiro atoms. The van der Waals surface area contributed by atoms with Crippen molar-refractivity contribution in [3.05, 3.63) is 0 Å². The van der Waals surface area contributed by atoms with Gasteiger partial charge in [-0.25, -0.2) is 0 Å². The van der Waals surface area contributed by atoms with Crippen LogP contribution in [0.25, 0.3) is 0 Å². The molecule has 0 amide bonds. The quantitative estimate of drug-likeness (QED) is 0.379. The fraction of sp³-hybridized carbons (Fsp3) is 1.00. The Kier molecular flexibility index (Phi) is 9.77. The van der Waals surface area contributed by atoms with Crippen LogP contribution in [0.2, 0.25) is 0 Å². The number of nitrogens with one attached hydrogen (secondary N) is 1. The molecule has 1 N–H and O–H groups in total. The van der Waals surface area contributed by atoms with Gasteiger partial charge in [0.1, 0.15) is 6.17 Å². The third kappa shape index (κ3) is 6.50. The van der Waals surface area contributed by atoms with E-state index in [0.29, 0.717) is 6.17 Å². The van der Waals surface area contributed by atoms with Gasteiger partial charge in [-0.1, -0.05) is 0 Å². The molecule has 0 radical (unpaired) electrons. The van der Waals surface area contributed by atoms with E-state index in [-0.39, 0.29) is 5.79 Å². The lowest BCUT2D eigenvalue weighted by Gasteiger charge is -2.64. The molecule has 0 aromatic heterocycles. The second-order valence-electron chi connectivity index (χ2n) is 13.0. The van der Waals surface area contributed by atoms with Crippen LogP contribution in [0.15, 0.2) is 0 Å². The molecule has 5 heterocycles. The Morgan fingerprint density at radius 2 is 1.26 bits per heavy atom. The number of hydrogen-bond donors (Lipinski definition) is 1. The van der Waals surface area contributed by atoms with Crippen molar-refractivity contribution in [3.8, 4) is 0 Å². The van der Waals surface area contributed by atoms with Crippen LogP contribution in [0.1, 0.15) is 25.7 Å². The number of nitrogens with zero attached hydrogens (tertiary/aromatic N) is 8. The fourth-order valence-electron chi connectivity index (χ4n) is 8.07. The highest BCUT2D eigenvalue weighted by molar-refractivity contribution is 5.06. The molecule has 5 saturated heterocycles. The molecule has 2 atom stereocenters. The molecule has 6 fully saturated rings. The van der Waals surface area contributed by atoms with Crippen LogP contribution >= 0.6 is 0 Å². The summed E-state index contributed by atoms with van der Waals surface area (Å²) in [5.74, 6) is -0.140. The molecule has 224 valence electrons. The largest absolute Gasteiger partial charge is 0.383 e. The Bertz CT molecular complexity index is 736. The second kappa shape index (κ2) is 13.3. The average Bonchev–Trinajstić information content (AvgIpc) is 3.70. The van der Waals surface area contributed by atoms with Gasteiger partial charge in [0.05, 0.1) is 6.61 Å². The molecule has 6 aliphatic rings. The summed E-state index contributed by atoms with van der Waals surface area (Å²) in [5, 5.41) is 4.26. The first-order valence-corrected chi connectivity index (χ1v) is 16.3. The van der Waals surface area contributed by atoms with Crippen LogP contribution < -0.4 is 5.32 Å². The summed E-state index contributed by atoms with van der Waals surface area (Å²) in [7, 11) is 4.14. The number of rotatable bonds is 10. The van der Waals surface area contributed by atoms with Gasteiger partial charge < -0.3 is 14.5 Å². The van der Waals surface area contributed by atoms with E-state index in [4.69, 9.17) is 4.74 Å². The number of likely N-dealkylation sites (tertiary alicyclic amines) is 1. The van der Waals surface area contributed by atoms with Gasteiger partial charge in [-0.05, 0) is 45.8 Å². The van der Waals surface area contributed by atoms with Crippen molar-refractivity contribution in [2.75, 3.05) is 145 Å². The molecular formula is C29H57N9O. The normalized spacial score (nSPS) is 34.8. The molecule has 0 aromatic rings. The minimum Gasteiger partial charge on any atom is -0.383 e. The van der Waals surface area contributed by atoms with Gasteiger partial charge in [-0.2, -0.15) is 0 Å². The summed E-state index contributed by atoms with van der Waals surface area (Å²) < 4.78 is 5.65. The molecule has 10 nitrogen and oxygen atoms in total. The molecule has 1 saturated carbocycles. The maximum atomic E-state index is 5.65. The highest BCUT2D eigenvalue weighted by Crippen LogP contribution is 2.35. The Balaban J connectivity index is 1.22. The van der Waals surface area contributed by atoms with Gasteiger partial charge >= 0.3 is 0 Å². The first-order chi connectivity index (χ1) is 19.2. The van der Waals surface area contributed by atoms with Gasteiger partial charge in [0.2, 0.25) is 0 Å². The minimum atomic E-state index is -0.140. The summed E-state index contributed by atoms with van der Waals surface area (Å²) in [5.41, 5.74) is 0. The average molecular weight is 548 g/mol. The van der Waals surface area contributed by atoms with Gasteiger partial charge in [0.25, 0.3) is 0 Å². The van der Waals surface area contributed by atoms with Gasteiger partial charge in [-0.15, -0.1) is 0 Å². The van der Waals surface area contributed by atoms with E-state index in [2.05, 4.69) is 51.6 Å². The van der Waals surface area contributed by atoms with Crippen LogP contribution in [0.4, 0.5) is 0 Å². The van der Waals surface area contributed by atoms with Gasteiger partial charge in [0, 0.05) is 124 Å². The van der Waals surface area contributed by atoms with E-state index >= 15 is 0 Å². The van der Waals surface area contributed by atoms with E-state index in [1.165, 1.54) is 91.1 Å². The first kappa shape index (κ1) is 28.7. The van der Waals surface area contributed by atoms with E-state index < -0.39 is 0 Å². The summed E-state index contributed by atoms with van der Waals surface area (Å²) >= 11 is 0. The van der Waals surface area contributed by atoms with Crippen LogP contribution in [0.3, 0.4) is 0 Å². The zero-order valence-electron chi connectivity index (χ0n) is 25.1. The summed E-state index contributed by atoms with van der Waals surface area (Å²) in [6, 6.07) is 0.869. The Hall–Kier alpha value is -0.400. The summed E-state index contributed by atoms with van der Waals surface area (Å²) in [4.78, 5) is 22.1. The van der Waals surface area contributed by atoms with Crippen LogP contribution in [0, 0.1) is 0 Å². The Labute approximate surface area is 238 Å². The highest BCUT2D eigenvalue weighted by atomic mass is 16.5. The van der Waals surface area contributed by atoms with Gasteiger partial charge in [-0.3, -0.25) is 34.7 Å². The Morgan fingerprint density at radius 3 is 1.87 bits per heavy atom. The van der Waals surface area contributed by atoms with E-state index in [1.807, 2.05) is 7.11 Å². The first-order valence-electron chi connectivity index (χ1n) is 16.3. The number of piperazine rings is 4. The zero-order valence-corrected chi connectivity index (χ0v) is 25.1. The van der Waals surface area contributed by atoms with Crippen molar-refractivity contribution in [2.45, 2.75) is 43.7 Å². The predicted molar refractivity (Wildman–Crippen MR) is 157 cm³/mol.